The molecule has 0 N–H and O–H groups in total. The second kappa shape index (κ2) is 9.41. The standard InChI is InChI=1S/C23H40N2O/c1-4-20(5-2)18-25-14-11-23(3)17-22(10-9-21(23)19-25)26-16-15-24-12-7-6-8-13-24/h9-10,20H,4-8,11-19H2,1-3H3. The van der Waals surface area contributed by atoms with Crippen molar-refractivity contribution in [3.8, 4) is 0 Å². The zero-order chi connectivity index (χ0) is 18.4. The third kappa shape index (κ3) is 5.13. The molecule has 3 rings (SSSR count). The van der Waals surface area contributed by atoms with E-state index in [1.54, 1.807) is 5.57 Å². The Bertz CT molecular complexity index is 502. The Kier molecular flexibility index (Phi) is 7.22. The average molecular weight is 361 g/mol. The normalized spacial score (nSPS) is 27.8. The Morgan fingerprint density at radius 3 is 2.54 bits per heavy atom. The van der Waals surface area contributed by atoms with Crippen LogP contribution in [0.3, 0.4) is 0 Å². The van der Waals surface area contributed by atoms with Crippen molar-refractivity contribution in [2.24, 2.45) is 11.3 Å². The molecule has 2 saturated heterocycles. The summed E-state index contributed by atoms with van der Waals surface area (Å²) in [5.74, 6) is 2.06. The van der Waals surface area contributed by atoms with E-state index in [-0.39, 0.29) is 0 Å². The van der Waals surface area contributed by atoms with Gasteiger partial charge in [0.15, 0.2) is 0 Å². The van der Waals surface area contributed by atoms with Crippen molar-refractivity contribution in [1.82, 2.24) is 9.80 Å². The van der Waals surface area contributed by atoms with Gasteiger partial charge in [-0.2, -0.15) is 0 Å². The third-order valence-electron chi connectivity index (χ3n) is 7.00. The summed E-state index contributed by atoms with van der Waals surface area (Å²) in [6, 6.07) is 0. The first-order valence-corrected chi connectivity index (χ1v) is 11.1. The molecule has 2 aliphatic heterocycles. The zero-order valence-electron chi connectivity index (χ0n) is 17.4. The van der Waals surface area contributed by atoms with E-state index in [2.05, 4.69) is 42.7 Å². The molecule has 0 aromatic heterocycles. The van der Waals surface area contributed by atoms with E-state index in [0.29, 0.717) is 5.41 Å². The highest BCUT2D eigenvalue weighted by Crippen LogP contribution is 2.44. The van der Waals surface area contributed by atoms with E-state index < -0.39 is 0 Å². The predicted octanol–water partition coefficient (Wildman–Crippen LogP) is 4.85. The molecule has 0 radical (unpaired) electrons. The maximum Gasteiger partial charge on any atom is 0.100 e. The molecule has 148 valence electrons. The van der Waals surface area contributed by atoms with E-state index in [1.165, 1.54) is 70.5 Å². The molecule has 0 spiro atoms. The van der Waals surface area contributed by atoms with Crippen molar-refractivity contribution in [2.45, 2.75) is 65.7 Å². The second-order valence-electron chi connectivity index (χ2n) is 8.98. The fraction of sp³-hybridized carbons (Fsp3) is 0.826. The molecule has 0 bridgehead atoms. The zero-order valence-corrected chi connectivity index (χ0v) is 17.4. The number of likely N-dealkylation sites (tertiary alicyclic amines) is 2. The van der Waals surface area contributed by atoms with Crippen LogP contribution in [0.2, 0.25) is 0 Å². The average Bonchev–Trinajstić information content (AvgIpc) is 2.67. The Morgan fingerprint density at radius 1 is 1.04 bits per heavy atom. The Hall–Kier alpha value is -0.800. The Balaban J connectivity index is 1.49. The maximum absolute atomic E-state index is 6.19. The van der Waals surface area contributed by atoms with Gasteiger partial charge in [0.2, 0.25) is 0 Å². The molecule has 3 aliphatic rings. The number of piperidine rings is 2. The van der Waals surface area contributed by atoms with Gasteiger partial charge in [-0.1, -0.05) is 46.1 Å². The van der Waals surface area contributed by atoms with Crippen LogP contribution in [-0.4, -0.2) is 55.7 Å². The molecule has 26 heavy (non-hydrogen) atoms. The number of rotatable bonds is 8. The van der Waals surface area contributed by atoms with Gasteiger partial charge < -0.3 is 4.74 Å². The summed E-state index contributed by atoms with van der Waals surface area (Å²) < 4.78 is 6.19. The van der Waals surface area contributed by atoms with Crippen molar-refractivity contribution >= 4 is 0 Å². The van der Waals surface area contributed by atoms with Gasteiger partial charge in [0.25, 0.3) is 0 Å². The predicted molar refractivity (Wildman–Crippen MR) is 110 cm³/mol. The molecule has 0 saturated carbocycles. The van der Waals surface area contributed by atoms with Crippen LogP contribution in [0.4, 0.5) is 0 Å². The van der Waals surface area contributed by atoms with E-state index in [9.17, 15) is 0 Å². The van der Waals surface area contributed by atoms with Crippen LogP contribution in [0, 0.1) is 11.3 Å². The lowest BCUT2D eigenvalue weighted by atomic mass is 9.71. The maximum atomic E-state index is 6.19. The van der Waals surface area contributed by atoms with Gasteiger partial charge in [-0.05, 0) is 61.9 Å². The lowest BCUT2D eigenvalue weighted by molar-refractivity contribution is 0.108. The van der Waals surface area contributed by atoms with Gasteiger partial charge in [-0.3, -0.25) is 9.80 Å². The highest BCUT2D eigenvalue weighted by atomic mass is 16.5. The monoisotopic (exact) mass is 360 g/mol. The van der Waals surface area contributed by atoms with Gasteiger partial charge in [0.05, 0.1) is 5.76 Å². The van der Waals surface area contributed by atoms with E-state index >= 15 is 0 Å². The fourth-order valence-corrected chi connectivity index (χ4v) is 4.82. The van der Waals surface area contributed by atoms with Gasteiger partial charge in [-0.25, -0.2) is 0 Å². The summed E-state index contributed by atoms with van der Waals surface area (Å²) >= 11 is 0. The van der Waals surface area contributed by atoms with E-state index in [4.69, 9.17) is 4.74 Å². The number of allylic oxidation sites excluding steroid dienone is 3. The number of hydrogen-bond donors (Lipinski definition) is 0. The minimum atomic E-state index is 0.319. The van der Waals surface area contributed by atoms with E-state index in [0.717, 1.165) is 32.0 Å². The quantitative estimate of drug-likeness (QED) is 0.615. The molecule has 3 heteroatoms. The summed E-state index contributed by atoms with van der Waals surface area (Å²) in [4.78, 5) is 5.24. The first kappa shape index (κ1) is 19.9. The molecule has 1 aliphatic carbocycles. The highest BCUT2D eigenvalue weighted by molar-refractivity contribution is 5.30. The molecule has 3 nitrogen and oxygen atoms in total. The molecule has 0 amide bonds. The molecular weight excluding hydrogens is 320 g/mol. The van der Waals surface area contributed by atoms with Crippen LogP contribution in [0.15, 0.2) is 23.5 Å². The molecule has 2 heterocycles. The molecule has 1 unspecified atom stereocenters. The van der Waals surface area contributed by atoms with Crippen LogP contribution >= 0.6 is 0 Å². The van der Waals surface area contributed by atoms with Gasteiger partial charge in [0.1, 0.15) is 6.61 Å². The first-order chi connectivity index (χ1) is 12.6. The summed E-state index contributed by atoms with van der Waals surface area (Å²) in [6.45, 7) is 15.2. The summed E-state index contributed by atoms with van der Waals surface area (Å²) in [6.07, 6.45) is 13.7. The second-order valence-corrected chi connectivity index (χ2v) is 8.98. The third-order valence-corrected chi connectivity index (χ3v) is 7.00. The molecular formula is C23H40N2O. The molecule has 0 aromatic carbocycles. The van der Waals surface area contributed by atoms with Crippen LogP contribution < -0.4 is 0 Å². The minimum Gasteiger partial charge on any atom is -0.497 e. The van der Waals surface area contributed by atoms with Crippen molar-refractivity contribution in [3.05, 3.63) is 23.5 Å². The number of hydrogen-bond acceptors (Lipinski definition) is 3. The number of ether oxygens (including phenoxy) is 1. The number of nitrogens with zero attached hydrogens (tertiary/aromatic N) is 2. The number of fused-ring (bicyclic) bond motifs is 1. The topological polar surface area (TPSA) is 15.7 Å². The van der Waals surface area contributed by atoms with Crippen LogP contribution in [0.1, 0.15) is 65.7 Å². The fourth-order valence-electron chi connectivity index (χ4n) is 4.82. The van der Waals surface area contributed by atoms with Crippen LogP contribution in [0.5, 0.6) is 0 Å². The minimum absolute atomic E-state index is 0.319. The smallest absolute Gasteiger partial charge is 0.100 e. The lowest BCUT2D eigenvalue weighted by Gasteiger charge is -2.44. The summed E-state index contributed by atoms with van der Waals surface area (Å²) in [5.41, 5.74) is 1.94. The Labute approximate surface area is 161 Å². The van der Waals surface area contributed by atoms with E-state index in [1.807, 2.05) is 0 Å². The lowest BCUT2D eigenvalue weighted by Crippen LogP contribution is -2.43. The SMILES string of the molecule is CCC(CC)CN1CCC2(C)CC(OCCN3CCCCC3)=CC=C2C1. The molecule has 1 atom stereocenters. The van der Waals surface area contributed by atoms with Crippen molar-refractivity contribution in [2.75, 3.05) is 45.9 Å². The largest absolute Gasteiger partial charge is 0.497 e. The van der Waals surface area contributed by atoms with Crippen molar-refractivity contribution in [1.29, 1.82) is 0 Å². The highest BCUT2D eigenvalue weighted by Gasteiger charge is 2.37. The van der Waals surface area contributed by atoms with Gasteiger partial charge >= 0.3 is 0 Å². The van der Waals surface area contributed by atoms with Gasteiger partial charge in [-0.15, -0.1) is 0 Å². The summed E-state index contributed by atoms with van der Waals surface area (Å²) in [5, 5.41) is 0. The molecule has 2 fully saturated rings. The van der Waals surface area contributed by atoms with Crippen LogP contribution in [-0.2, 0) is 4.74 Å². The Morgan fingerprint density at radius 2 is 1.81 bits per heavy atom. The molecule has 0 aromatic rings. The van der Waals surface area contributed by atoms with Gasteiger partial charge in [0, 0.05) is 26.1 Å². The van der Waals surface area contributed by atoms with Crippen LogP contribution in [0.25, 0.3) is 0 Å². The first-order valence-electron chi connectivity index (χ1n) is 11.1. The van der Waals surface area contributed by atoms with Crippen molar-refractivity contribution < 1.29 is 4.74 Å². The summed E-state index contributed by atoms with van der Waals surface area (Å²) in [7, 11) is 0. The van der Waals surface area contributed by atoms with Crippen molar-refractivity contribution in [3.63, 3.8) is 0 Å².